The normalized spacial score (nSPS) is 24.9. The van der Waals surface area contributed by atoms with E-state index < -0.39 is 0 Å². The van der Waals surface area contributed by atoms with Crippen LogP contribution in [0.4, 0.5) is 0 Å². The van der Waals surface area contributed by atoms with Gasteiger partial charge in [0.15, 0.2) is 0 Å². The number of aliphatic hydroxyl groups excluding tert-OH is 1. The molecule has 1 atom stereocenters. The van der Waals surface area contributed by atoms with Gasteiger partial charge in [0.05, 0.1) is 11.9 Å². The summed E-state index contributed by atoms with van der Waals surface area (Å²) in [4.78, 5) is 10.9. The Balaban J connectivity index is 1.78. The van der Waals surface area contributed by atoms with Crippen LogP contribution in [-0.2, 0) is 6.54 Å². The van der Waals surface area contributed by atoms with Gasteiger partial charge in [0.25, 0.3) is 0 Å². The van der Waals surface area contributed by atoms with E-state index in [-0.39, 0.29) is 12.0 Å². The van der Waals surface area contributed by atoms with Gasteiger partial charge in [0.2, 0.25) is 5.78 Å². The first-order valence-electron chi connectivity index (χ1n) is 6.80. The summed E-state index contributed by atoms with van der Waals surface area (Å²) in [5, 5.41) is 9.51. The zero-order valence-corrected chi connectivity index (χ0v) is 11.3. The molecule has 3 rings (SSSR count). The number of imidazole rings is 1. The standard InChI is InChI=1S/C14H20N4O/c1-14(11-19)4-2-6-17(10-14)9-12-8-16-13-15-5-3-7-18(12)13/h3,5,7-8,19H,2,4,6,9-11H2,1H3. The van der Waals surface area contributed by atoms with Crippen molar-refractivity contribution in [2.45, 2.75) is 26.3 Å². The molecule has 0 amide bonds. The molecule has 0 spiro atoms. The Hall–Kier alpha value is -1.46. The molecule has 1 saturated heterocycles. The lowest BCUT2D eigenvalue weighted by Gasteiger charge is -2.39. The lowest BCUT2D eigenvalue weighted by atomic mass is 9.83. The average molecular weight is 260 g/mol. The van der Waals surface area contributed by atoms with Gasteiger partial charge in [-0.05, 0) is 25.5 Å². The molecular weight excluding hydrogens is 240 g/mol. The van der Waals surface area contributed by atoms with Crippen LogP contribution in [0.1, 0.15) is 25.5 Å². The van der Waals surface area contributed by atoms with Crippen LogP contribution < -0.4 is 0 Å². The van der Waals surface area contributed by atoms with Crippen molar-refractivity contribution in [3.63, 3.8) is 0 Å². The number of piperidine rings is 1. The Morgan fingerprint density at radius 1 is 1.42 bits per heavy atom. The summed E-state index contributed by atoms with van der Waals surface area (Å²) in [6, 6.07) is 1.92. The van der Waals surface area contributed by atoms with Crippen LogP contribution in [0.5, 0.6) is 0 Å². The maximum absolute atomic E-state index is 9.51. The number of aromatic nitrogens is 3. The van der Waals surface area contributed by atoms with Gasteiger partial charge in [-0.15, -0.1) is 0 Å². The van der Waals surface area contributed by atoms with E-state index in [0.717, 1.165) is 43.9 Å². The summed E-state index contributed by atoms with van der Waals surface area (Å²) in [7, 11) is 0. The van der Waals surface area contributed by atoms with Crippen LogP contribution in [-0.4, -0.2) is 44.1 Å². The largest absolute Gasteiger partial charge is 0.396 e. The number of likely N-dealkylation sites (tertiary alicyclic amines) is 1. The Morgan fingerprint density at radius 3 is 3.16 bits per heavy atom. The molecule has 0 radical (unpaired) electrons. The van der Waals surface area contributed by atoms with E-state index in [9.17, 15) is 5.11 Å². The van der Waals surface area contributed by atoms with Crippen LogP contribution in [0, 0.1) is 5.41 Å². The number of rotatable bonds is 3. The molecule has 3 heterocycles. The highest BCUT2D eigenvalue weighted by Gasteiger charge is 2.30. The minimum atomic E-state index is 0.0387. The molecule has 0 bridgehead atoms. The molecule has 5 heteroatoms. The molecule has 1 fully saturated rings. The Kier molecular flexibility index (Phi) is 3.24. The maximum atomic E-state index is 9.51. The zero-order valence-electron chi connectivity index (χ0n) is 11.3. The summed E-state index contributed by atoms with van der Waals surface area (Å²) in [5.41, 5.74) is 1.20. The molecule has 5 nitrogen and oxygen atoms in total. The predicted octanol–water partition coefficient (Wildman–Crippen LogP) is 1.32. The number of nitrogens with zero attached hydrogens (tertiary/aromatic N) is 4. The van der Waals surface area contributed by atoms with Crippen molar-refractivity contribution in [1.29, 1.82) is 0 Å². The second-order valence-corrected chi connectivity index (χ2v) is 5.82. The third kappa shape index (κ3) is 2.48. The number of fused-ring (bicyclic) bond motifs is 1. The minimum Gasteiger partial charge on any atom is -0.396 e. The van der Waals surface area contributed by atoms with Crippen molar-refractivity contribution in [1.82, 2.24) is 19.3 Å². The third-order valence-corrected chi connectivity index (χ3v) is 3.99. The summed E-state index contributed by atoms with van der Waals surface area (Å²) >= 11 is 0. The van der Waals surface area contributed by atoms with E-state index in [4.69, 9.17) is 0 Å². The molecular formula is C14H20N4O. The van der Waals surface area contributed by atoms with Gasteiger partial charge in [-0.3, -0.25) is 9.30 Å². The quantitative estimate of drug-likeness (QED) is 0.904. The number of hydrogen-bond donors (Lipinski definition) is 1. The van der Waals surface area contributed by atoms with E-state index in [1.807, 2.05) is 22.9 Å². The molecule has 1 N–H and O–H groups in total. The van der Waals surface area contributed by atoms with E-state index in [1.165, 1.54) is 0 Å². The first-order valence-corrected chi connectivity index (χ1v) is 6.80. The van der Waals surface area contributed by atoms with Crippen molar-refractivity contribution in [3.05, 3.63) is 30.4 Å². The molecule has 0 aromatic carbocycles. The van der Waals surface area contributed by atoms with E-state index in [1.54, 1.807) is 6.20 Å². The lowest BCUT2D eigenvalue weighted by Crippen LogP contribution is -2.43. The van der Waals surface area contributed by atoms with Gasteiger partial charge in [-0.1, -0.05) is 6.92 Å². The van der Waals surface area contributed by atoms with Crippen LogP contribution in [0.25, 0.3) is 5.78 Å². The van der Waals surface area contributed by atoms with Crippen molar-refractivity contribution in [2.75, 3.05) is 19.7 Å². The fourth-order valence-electron chi connectivity index (χ4n) is 2.91. The van der Waals surface area contributed by atoms with Gasteiger partial charge >= 0.3 is 0 Å². The summed E-state index contributed by atoms with van der Waals surface area (Å²) in [6.07, 6.45) is 7.91. The monoisotopic (exact) mass is 260 g/mol. The molecule has 2 aromatic rings. The Bertz CT molecular complexity index is 567. The van der Waals surface area contributed by atoms with Crippen LogP contribution >= 0.6 is 0 Å². The fourth-order valence-corrected chi connectivity index (χ4v) is 2.91. The molecule has 2 aromatic heterocycles. The van der Waals surface area contributed by atoms with Crippen LogP contribution in [0.2, 0.25) is 0 Å². The van der Waals surface area contributed by atoms with Crippen molar-refractivity contribution in [2.24, 2.45) is 5.41 Å². The fraction of sp³-hybridized carbons (Fsp3) is 0.571. The molecule has 0 saturated carbocycles. The predicted molar refractivity (Wildman–Crippen MR) is 72.7 cm³/mol. The zero-order chi connectivity index (χ0) is 13.3. The van der Waals surface area contributed by atoms with E-state index in [2.05, 4.69) is 21.8 Å². The van der Waals surface area contributed by atoms with Gasteiger partial charge in [0.1, 0.15) is 0 Å². The summed E-state index contributed by atoms with van der Waals surface area (Å²) in [5.74, 6) is 0.749. The summed E-state index contributed by atoms with van der Waals surface area (Å²) in [6.45, 7) is 5.32. The smallest absolute Gasteiger partial charge is 0.233 e. The summed E-state index contributed by atoms with van der Waals surface area (Å²) < 4.78 is 2.03. The Morgan fingerprint density at radius 2 is 2.32 bits per heavy atom. The molecule has 19 heavy (non-hydrogen) atoms. The third-order valence-electron chi connectivity index (χ3n) is 3.99. The first kappa shape index (κ1) is 12.6. The first-order chi connectivity index (χ1) is 9.20. The van der Waals surface area contributed by atoms with Gasteiger partial charge in [0, 0.05) is 37.5 Å². The molecule has 1 aliphatic heterocycles. The minimum absolute atomic E-state index is 0.0387. The molecule has 102 valence electrons. The highest BCUT2D eigenvalue weighted by Crippen LogP contribution is 2.29. The van der Waals surface area contributed by atoms with Gasteiger partial charge in [-0.2, -0.15) is 0 Å². The maximum Gasteiger partial charge on any atom is 0.233 e. The van der Waals surface area contributed by atoms with Crippen LogP contribution in [0.15, 0.2) is 24.7 Å². The number of hydrogen-bond acceptors (Lipinski definition) is 4. The highest BCUT2D eigenvalue weighted by molar-refractivity contribution is 5.30. The van der Waals surface area contributed by atoms with Crippen molar-refractivity contribution in [3.8, 4) is 0 Å². The van der Waals surface area contributed by atoms with Gasteiger partial charge in [-0.25, -0.2) is 9.97 Å². The van der Waals surface area contributed by atoms with Crippen molar-refractivity contribution < 1.29 is 5.11 Å². The topological polar surface area (TPSA) is 53.7 Å². The Labute approximate surface area is 112 Å². The van der Waals surface area contributed by atoms with E-state index in [0.29, 0.717) is 0 Å². The van der Waals surface area contributed by atoms with E-state index >= 15 is 0 Å². The van der Waals surface area contributed by atoms with Gasteiger partial charge < -0.3 is 5.11 Å². The molecule has 1 aliphatic rings. The number of aliphatic hydroxyl groups is 1. The molecule has 0 aliphatic carbocycles. The second-order valence-electron chi connectivity index (χ2n) is 5.82. The SMILES string of the molecule is CC1(CO)CCCN(Cc2cnc3ncccn23)C1. The highest BCUT2D eigenvalue weighted by atomic mass is 16.3. The van der Waals surface area contributed by atoms with Crippen molar-refractivity contribution >= 4 is 5.78 Å². The lowest BCUT2D eigenvalue weighted by molar-refractivity contribution is 0.0422. The average Bonchev–Trinajstić information content (AvgIpc) is 2.83. The second kappa shape index (κ2) is 4.90. The molecule has 1 unspecified atom stereocenters. The van der Waals surface area contributed by atoms with Crippen LogP contribution in [0.3, 0.4) is 0 Å².